The third-order valence-electron chi connectivity index (χ3n) is 26.6. The first-order chi connectivity index (χ1) is 68.9. The van der Waals surface area contributed by atoms with Crippen LogP contribution in [-0.4, -0.2) is 387 Å². The van der Waals surface area contributed by atoms with Gasteiger partial charge in [-0.15, -0.1) is 0 Å². The second-order valence-corrected chi connectivity index (χ2v) is 38.5. The van der Waals surface area contributed by atoms with Crippen LogP contribution in [0.2, 0.25) is 0 Å². The molecule has 1 saturated carbocycles. The number of carboxylic acids is 1. The SMILES string of the molecule is CC[C@]1(O)CC2CCN(CCc3c([nH]c4ccccc34)[C@@](C(=O)OC)(c3cc4c(cc3OC)N(C)[C@@H]3C[C@H]5N(CC=C[C@@]5(CC)[C@@H](O)[C@]3(O)C(=O)CNC(=O)OCCSSC[C@H](NC(=O)CCOCCOCCOCCOCCOCCOCCOCCOCCOCCOCCOCCOCCNC(=O)CC[C@@H](C)NC(=O)c3ccc(NCc5cnc6nc(N)nc(O)c6n5)cc3)C(=O)O)CCC4)CC2)C1. The van der Waals surface area contributed by atoms with E-state index in [0.717, 1.165) is 57.2 Å². The molecule has 2 fully saturated rings. The van der Waals surface area contributed by atoms with Crippen molar-refractivity contribution in [3.05, 3.63) is 113 Å². The van der Waals surface area contributed by atoms with Gasteiger partial charge in [0.1, 0.15) is 29.9 Å². The van der Waals surface area contributed by atoms with Crippen molar-refractivity contribution in [1.82, 2.24) is 56.0 Å². The minimum Gasteiger partial charge on any atom is -0.496 e. The van der Waals surface area contributed by atoms with E-state index >= 15 is 9.59 Å². The van der Waals surface area contributed by atoms with Crippen LogP contribution in [-0.2, 0) is 115 Å². The van der Waals surface area contributed by atoms with Crippen LogP contribution in [0.1, 0.15) is 130 Å². The number of methoxy groups -OCH3 is 2. The monoisotopic (exact) mass is 2030 g/mol. The van der Waals surface area contributed by atoms with Gasteiger partial charge in [0.05, 0.1) is 209 Å². The van der Waals surface area contributed by atoms with Crippen molar-refractivity contribution in [2.45, 2.75) is 158 Å². The molecule has 41 nitrogen and oxygen atoms in total. The summed E-state index contributed by atoms with van der Waals surface area (Å²) in [5.41, 5.74) is 6.47. The van der Waals surface area contributed by atoms with E-state index < -0.39 is 76.5 Å². The van der Waals surface area contributed by atoms with Gasteiger partial charge in [-0.25, -0.2) is 19.6 Å². The molecule has 13 N–H and O–H groups in total. The van der Waals surface area contributed by atoms with Crippen molar-refractivity contribution in [2.24, 2.45) is 11.3 Å². The highest BCUT2D eigenvalue weighted by atomic mass is 33.1. The number of hydrogen-bond acceptors (Lipinski definition) is 37. The average molecular weight is 2030 g/mol. The highest BCUT2D eigenvalue weighted by molar-refractivity contribution is 8.76. The largest absolute Gasteiger partial charge is 0.496 e. The molecule has 0 spiro atoms. The number of anilines is 3. The molecule has 5 aliphatic rings. The second kappa shape index (κ2) is 58.7. The van der Waals surface area contributed by atoms with Crippen molar-refractivity contribution >= 4 is 103 Å². The van der Waals surface area contributed by atoms with Crippen LogP contribution >= 0.6 is 21.6 Å². The number of rotatable bonds is 63. The number of benzene rings is 3. The van der Waals surface area contributed by atoms with E-state index in [1.807, 2.05) is 68.2 Å². The topological polar surface area (TPSA) is 522 Å². The lowest BCUT2D eigenvalue weighted by Crippen LogP contribution is -2.76. The number of nitrogens with one attached hydrogen (secondary N) is 6. The molecular formula is C99H146N14O27S2. The Morgan fingerprint density at radius 3 is 1.90 bits per heavy atom. The van der Waals surface area contributed by atoms with E-state index in [-0.39, 0.29) is 110 Å². The molecule has 4 bridgehead atoms. The van der Waals surface area contributed by atoms with Gasteiger partial charge < -0.3 is 144 Å². The fourth-order valence-corrected chi connectivity index (χ4v) is 21.0. The maximum Gasteiger partial charge on any atom is 0.407 e. The fraction of sp³-hybridized carbons (Fsp3) is 0.646. The number of Topliss-reactive ketones (excluding diaryl/α,β-unsaturated/α-hetero) is 1. The first-order valence-corrected chi connectivity index (χ1v) is 51.8. The number of nitrogens with two attached hydrogens (primary N) is 1. The molecule has 1 saturated heterocycles. The normalized spacial score (nSPS) is 21.6. The molecule has 6 aromatic rings. The number of aromatic hydroxyl groups is 1. The molecular weight excluding hydrogens is 1880 g/mol. The Hall–Kier alpha value is -9.33. The van der Waals surface area contributed by atoms with E-state index in [0.29, 0.717) is 264 Å². The number of likely N-dealkylation sites (N-methyl/N-ethyl adjacent to an activating group) is 1. The number of esters is 1. The van der Waals surface area contributed by atoms with Crippen molar-refractivity contribution in [2.75, 3.05) is 260 Å². The third kappa shape index (κ3) is 32.6. The number of carboxylic acid groups (broad SMARTS) is 1. The number of aryl methyl sites for hydroxylation is 1. The van der Waals surface area contributed by atoms with Gasteiger partial charge in [-0.2, -0.15) is 9.97 Å². The number of amides is 4. The Bertz CT molecular complexity index is 4980. The summed E-state index contributed by atoms with van der Waals surface area (Å²) in [5.74, 6) is -3.18. The van der Waals surface area contributed by atoms with Crippen molar-refractivity contribution in [1.29, 1.82) is 0 Å². The molecule has 43 heteroatoms. The summed E-state index contributed by atoms with van der Waals surface area (Å²) in [6.07, 6.45) is 8.95. The number of aliphatic hydroxyl groups excluding tert-OH is 1. The van der Waals surface area contributed by atoms with Gasteiger partial charge in [-0.1, -0.05) is 65.8 Å². The summed E-state index contributed by atoms with van der Waals surface area (Å²) >= 11 is 0. The van der Waals surface area contributed by atoms with Gasteiger partial charge in [0.2, 0.25) is 23.6 Å². The maximum absolute atomic E-state index is 15.5. The zero-order valence-electron chi connectivity index (χ0n) is 82.7. The minimum absolute atomic E-state index is 0.00297. The molecule has 11 atom stereocenters. The summed E-state index contributed by atoms with van der Waals surface area (Å²) < 4.78 is 84.5. The van der Waals surface area contributed by atoms with Crippen LogP contribution < -0.4 is 42.0 Å². The Balaban J connectivity index is 0.458. The standard InChI is InChI=1S/C99H146N14O27S2/c1-7-96(124)62-69-22-27-98(93(122)127-6,87-75(24-32-112(67-96)31-23-69)74-14-9-10-15-77(74)108-87)76-59-71-13-11-29-113-30-12-26-97(8-2)81(113)61-82(111(4)79(71)60-80(76)126-5)99(125,92(97)121)83(114)65-104-95(123)140-57-58-141-142-66-78(91(119)120)107-85(116)25-33-128-35-37-130-39-41-132-43-45-134-47-49-136-51-53-138-55-56-139-54-52-137-50-48-135-46-44-133-42-40-131-38-36-129-34-28-101-84(115)21-16-68(3)105-89(117)70-17-19-72(20-18-70)102-63-73-64-103-88-86(106-73)90(118)110-94(100)109-88/h9-10,12,14-15,17-20,26,59-60,64,68-69,78,81-82,92,102,108,121,124-125H,7-8,11,13,16,21-25,27-58,61-63,65-67H2,1-6H3,(H,101,115)(H,104,123)(H,105,117)(H,107,116)(H,119,120)(H3,100,103,109,110,118)/t68-,69?,78+,81-,82-,92-,96+,97-,98+,99-/m1/s1. The van der Waals surface area contributed by atoms with Gasteiger partial charge in [0.25, 0.3) is 5.91 Å². The molecule has 786 valence electrons. The molecule has 4 aliphatic heterocycles. The van der Waals surface area contributed by atoms with E-state index in [4.69, 9.17) is 76.8 Å². The van der Waals surface area contributed by atoms with Crippen LogP contribution in [0, 0.1) is 11.3 Å². The number of carbonyl (C=O) groups is 7. The van der Waals surface area contributed by atoms with Crippen LogP contribution in [0.3, 0.4) is 0 Å². The number of H-pyrrole nitrogens is 1. The van der Waals surface area contributed by atoms with Crippen molar-refractivity contribution < 1.29 is 130 Å². The maximum atomic E-state index is 15.5. The predicted octanol–water partition coefficient (Wildman–Crippen LogP) is 5.89. The molecule has 4 amide bonds. The van der Waals surface area contributed by atoms with Crippen LogP contribution in [0.25, 0.3) is 22.1 Å². The first-order valence-electron chi connectivity index (χ1n) is 49.3. The van der Waals surface area contributed by atoms with Gasteiger partial charge in [0.15, 0.2) is 22.5 Å². The number of aromatic amines is 1. The molecule has 11 rings (SSSR count). The minimum atomic E-state index is -2.46. The number of alkyl carbamates (subject to hydrolysis) is 1. The number of carbonyl (C=O) groups excluding carboxylic acids is 6. The van der Waals surface area contributed by atoms with E-state index in [2.05, 4.69) is 67.4 Å². The quantitative estimate of drug-likeness (QED) is 0.00916. The van der Waals surface area contributed by atoms with Gasteiger partial charge in [0, 0.05) is 120 Å². The lowest BCUT2D eigenvalue weighted by Gasteiger charge is -2.61. The molecule has 3 aromatic heterocycles. The number of hydrogen-bond donors (Lipinski definition) is 12. The summed E-state index contributed by atoms with van der Waals surface area (Å²) in [6.45, 7) is 17.7. The highest BCUT2D eigenvalue weighted by Gasteiger charge is 2.66. The van der Waals surface area contributed by atoms with Gasteiger partial charge in [-0.05, 0) is 144 Å². The Morgan fingerprint density at radius 1 is 0.676 bits per heavy atom. The van der Waals surface area contributed by atoms with Crippen LogP contribution in [0.15, 0.2) is 79.0 Å². The summed E-state index contributed by atoms with van der Waals surface area (Å²) in [7, 11) is 7.18. The number of aliphatic hydroxyl groups is 3. The lowest BCUT2D eigenvalue weighted by molar-refractivity contribution is -0.192. The average Bonchev–Trinajstić information content (AvgIpc) is 0.779. The molecule has 0 radical (unpaired) electrons. The molecule has 3 aromatic carbocycles. The molecule has 2 unspecified atom stereocenters. The number of fused-ring (bicyclic) bond motifs is 9. The first kappa shape index (κ1) is 113. The Morgan fingerprint density at radius 2 is 1.30 bits per heavy atom. The predicted molar refractivity (Wildman–Crippen MR) is 532 cm³/mol. The fourth-order valence-electron chi connectivity index (χ4n) is 19.0. The highest BCUT2D eigenvalue weighted by Crippen LogP contribution is 2.54. The van der Waals surface area contributed by atoms with Gasteiger partial charge >= 0.3 is 18.0 Å². The number of aromatic nitrogens is 5. The zero-order chi connectivity index (χ0) is 101. The zero-order valence-corrected chi connectivity index (χ0v) is 84.3. The van der Waals surface area contributed by atoms with E-state index in [1.54, 1.807) is 38.4 Å². The number of nitrogen functional groups attached to an aromatic ring is 1. The van der Waals surface area contributed by atoms with E-state index in [9.17, 15) is 49.5 Å². The summed E-state index contributed by atoms with van der Waals surface area (Å²) in [5, 5.41) is 73.4. The summed E-state index contributed by atoms with van der Waals surface area (Å²) in [4.78, 5) is 121. The van der Waals surface area contributed by atoms with Crippen LogP contribution in [0.5, 0.6) is 11.6 Å². The van der Waals surface area contributed by atoms with Crippen molar-refractivity contribution in [3.63, 3.8) is 0 Å². The van der Waals surface area contributed by atoms with E-state index in [1.165, 1.54) is 24.1 Å². The Labute approximate surface area is 837 Å². The number of para-hydroxylation sites is 1. The number of ether oxygens (including phenoxy) is 15. The lowest BCUT2D eigenvalue weighted by atomic mass is 9.56. The Kier molecular flexibility index (Phi) is 46.7. The third-order valence-corrected chi connectivity index (χ3v) is 29.0. The molecule has 142 heavy (non-hydrogen) atoms. The summed E-state index contributed by atoms with van der Waals surface area (Å²) in [6, 6.07) is 16.1. The van der Waals surface area contributed by atoms with Crippen molar-refractivity contribution in [3.8, 4) is 11.6 Å². The second-order valence-electron chi connectivity index (χ2n) is 35.9. The number of ketones is 1. The van der Waals surface area contributed by atoms with Crippen LogP contribution in [0.4, 0.5) is 22.1 Å². The van der Waals surface area contributed by atoms with Gasteiger partial charge in [-0.3, -0.25) is 28.9 Å². The molecule has 7 heterocycles. The smallest absolute Gasteiger partial charge is 0.407 e. The number of nitrogens with zero attached hydrogens (tertiary/aromatic N) is 7. The molecule has 1 aliphatic carbocycles. The number of aliphatic carboxylic acids is 1.